The molecule has 0 atom stereocenters. The summed E-state index contributed by atoms with van der Waals surface area (Å²) < 4.78 is 12.4. The van der Waals surface area contributed by atoms with Gasteiger partial charge in [-0.2, -0.15) is 0 Å². The summed E-state index contributed by atoms with van der Waals surface area (Å²) in [6, 6.07) is 2.75. The van der Waals surface area contributed by atoms with Gasteiger partial charge in [-0.05, 0) is 12.1 Å². The van der Waals surface area contributed by atoms with E-state index in [1.54, 1.807) is 7.05 Å². The molecule has 0 aliphatic rings. The summed E-state index contributed by atoms with van der Waals surface area (Å²) in [5.41, 5.74) is 0. The molecule has 4 nitrogen and oxygen atoms in total. The molecule has 1 aromatic rings. The third kappa shape index (κ3) is 3.06. The Kier molecular flexibility index (Phi) is 3.19. The van der Waals surface area contributed by atoms with Crippen LogP contribution in [-0.2, 0) is 4.79 Å². The molecule has 0 saturated heterocycles. The second kappa shape index (κ2) is 4.39. The first-order chi connectivity index (χ1) is 6.22. The van der Waals surface area contributed by atoms with E-state index in [-0.39, 0.29) is 12.5 Å². The van der Waals surface area contributed by atoms with E-state index in [4.69, 9.17) is 0 Å². The molecule has 1 amide bonds. The van der Waals surface area contributed by atoms with Gasteiger partial charge in [-0.15, -0.1) is 0 Å². The van der Waals surface area contributed by atoms with Gasteiger partial charge in [0, 0.05) is 7.05 Å². The number of nitrogens with one attached hydrogen (secondary N) is 2. The molecule has 0 aliphatic carbocycles. The van der Waals surface area contributed by atoms with Gasteiger partial charge in [-0.25, -0.2) is 9.37 Å². The highest BCUT2D eigenvalue weighted by molar-refractivity contribution is 5.79. The van der Waals surface area contributed by atoms with Crippen molar-refractivity contribution in [2.45, 2.75) is 0 Å². The highest BCUT2D eigenvalue weighted by Crippen LogP contribution is 2.02. The number of nitrogens with zero attached hydrogens (tertiary/aromatic N) is 1. The molecule has 1 rings (SSSR count). The summed E-state index contributed by atoms with van der Waals surface area (Å²) >= 11 is 0. The fourth-order valence-corrected chi connectivity index (χ4v) is 0.740. The number of rotatable bonds is 3. The van der Waals surface area contributed by atoms with Crippen LogP contribution < -0.4 is 10.6 Å². The van der Waals surface area contributed by atoms with Crippen LogP contribution >= 0.6 is 0 Å². The lowest BCUT2D eigenvalue weighted by molar-refractivity contribution is -0.118. The first-order valence-electron chi connectivity index (χ1n) is 3.78. The molecule has 0 spiro atoms. The van der Waals surface area contributed by atoms with Crippen molar-refractivity contribution in [2.24, 2.45) is 0 Å². The summed E-state index contributed by atoms with van der Waals surface area (Å²) in [5, 5.41) is 5.18. The first kappa shape index (κ1) is 9.44. The van der Waals surface area contributed by atoms with Crippen molar-refractivity contribution < 1.29 is 9.18 Å². The molecular weight excluding hydrogens is 173 g/mol. The minimum absolute atomic E-state index is 0.134. The number of anilines is 1. The topological polar surface area (TPSA) is 54.0 Å². The molecule has 1 aromatic heterocycles. The first-order valence-corrected chi connectivity index (χ1v) is 3.78. The van der Waals surface area contributed by atoms with Crippen LogP contribution in [0.3, 0.4) is 0 Å². The number of likely N-dealkylation sites (N-methyl/N-ethyl adjacent to an activating group) is 1. The van der Waals surface area contributed by atoms with Gasteiger partial charge in [0.2, 0.25) is 5.91 Å². The molecule has 0 fully saturated rings. The molecule has 0 aliphatic heterocycles. The standard InChI is InChI=1S/C8H10FN3O/c1-10-8(13)5-12-7-3-2-6(9)4-11-7/h2-4H,5H2,1H3,(H,10,13)(H,11,12). The Labute approximate surface area is 75.2 Å². The molecule has 1 heterocycles. The number of carbonyl (C=O) groups excluding carboxylic acids is 1. The van der Waals surface area contributed by atoms with Crippen molar-refractivity contribution in [3.63, 3.8) is 0 Å². The van der Waals surface area contributed by atoms with E-state index in [1.807, 2.05) is 0 Å². The van der Waals surface area contributed by atoms with Gasteiger partial charge < -0.3 is 10.6 Å². The summed E-state index contributed by atoms with van der Waals surface area (Å²) in [5.74, 6) is -0.0679. The quantitative estimate of drug-likeness (QED) is 0.712. The maximum absolute atomic E-state index is 12.4. The van der Waals surface area contributed by atoms with Crippen molar-refractivity contribution >= 4 is 11.7 Å². The molecule has 0 bridgehead atoms. The van der Waals surface area contributed by atoms with Crippen LogP contribution in [0.1, 0.15) is 0 Å². The Morgan fingerprint density at radius 3 is 2.92 bits per heavy atom. The second-order valence-corrected chi connectivity index (χ2v) is 2.39. The van der Waals surface area contributed by atoms with Crippen LogP contribution in [-0.4, -0.2) is 24.5 Å². The molecule has 13 heavy (non-hydrogen) atoms. The zero-order chi connectivity index (χ0) is 9.68. The molecule has 0 aromatic carbocycles. The van der Waals surface area contributed by atoms with E-state index < -0.39 is 5.82 Å². The number of halogens is 1. The minimum Gasteiger partial charge on any atom is -0.361 e. The van der Waals surface area contributed by atoms with Crippen molar-refractivity contribution in [3.05, 3.63) is 24.1 Å². The zero-order valence-corrected chi connectivity index (χ0v) is 7.17. The van der Waals surface area contributed by atoms with E-state index in [0.717, 1.165) is 6.20 Å². The Balaban J connectivity index is 2.46. The number of pyridine rings is 1. The maximum atomic E-state index is 12.4. The van der Waals surface area contributed by atoms with Crippen molar-refractivity contribution in [2.75, 3.05) is 18.9 Å². The molecule has 5 heteroatoms. The number of amides is 1. The maximum Gasteiger partial charge on any atom is 0.239 e. The fourth-order valence-electron chi connectivity index (χ4n) is 0.740. The van der Waals surface area contributed by atoms with Gasteiger partial charge in [-0.1, -0.05) is 0 Å². The van der Waals surface area contributed by atoms with Gasteiger partial charge in [-0.3, -0.25) is 4.79 Å². The zero-order valence-electron chi connectivity index (χ0n) is 7.17. The van der Waals surface area contributed by atoms with Gasteiger partial charge >= 0.3 is 0 Å². The number of hydrogen-bond donors (Lipinski definition) is 2. The molecule has 0 saturated carbocycles. The van der Waals surface area contributed by atoms with E-state index in [9.17, 15) is 9.18 Å². The van der Waals surface area contributed by atoms with Crippen molar-refractivity contribution in [1.82, 2.24) is 10.3 Å². The third-order valence-electron chi connectivity index (χ3n) is 1.44. The fraction of sp³-hybridized carbons (Fsp3) is 0.250. The highest BCUT2D eigenvalue weighted by atomic mass is 19.1. The predicted octanol–water partition coefficient (Wildman–Crippen LogP) is 0.379. The Hall–Kier alpha value is -1.65. The lowest BCUT2D eigenvalue weighted by atomic mass is 10.4. The Bertz CT molecular complexity index is 286. The number of aromatic nitrogens is 1. The summed E-state index contributed by atoms with van der Waals surface area (Å²) in [6.07, 6.45) is 1.09. The average Bonchev–Trinajstić information content (AvgIpc) is 2.16. The minimum atomic E-state index is -0.398. The van der Waals surface area contributed by atoms with Crippen LogP contribution in [0.5, 0.6) is 0 Å². The van der Waals surface area contributed by atoms with Gasteiger partial charge in [0.05, 0.1) is 12.7 Å². The smallest absolute Gasteiger partial charge is 0.239 e. The SMILES string of the molecule is CNC(=O)CNc1ccc(F)cn1. The second-order valence-electron chi connectivity index (χ2n) is 2.39. The van der Waals surface area contributed by atoms with Crippen LogP contribution in [0.2, 0.25) is 0 Å². The van der Waals surface area contributed by atoms with Crippen LogP contribution in [0.4, 0.5) is 10.2 Å². The van der Waals surface area contributed by atoms with E-state index in [0.29, 0.717) is 5.82 Å². The highest BCUT2D eigenvalue weighted by Gasteiger charge is 1.98. The number of hydrogen-bond acceptors (Lipinski definition) is 3. The van der Waals surface area contributed by atoms with Gasteiger partial charge in [0.25, 0.3) is 0 Å². The van der Waals surface area contributed by atoms with Gasteiger partial charge in [0.15, 0.2) is 0 Å². The van der Waals surface area contributed by atoms with Crippen molar-refractivity contribution in [3.8, 4) is 0 Å². The molecular formula is C8H10FN3O. The lowest BCUT2D eigenvalue weighted by Crippen LogP contribution is -2.26. The molecule has 70 valence electrons. The summed E-state index contributed by atoms with van der Waals surface area (Å²) in [6.45, 7) is 0.134. The van der Waals surface area contributed by atoms with Crippen LogP contribution in [0.15, 0.2) is 18.3 Å². The Morgan fingerprint density at radius 2 is 2.38 bits per heavy atom. The summed E-state index contributed by atoms with van der Waals surface area (Å²) in [7, 11) is 1.54. The largest absolute Gasteiger partial charge is 0.361 e. The van der Waals surface area contributed by atoms with Crippen LogP contribution in [0, 0.1) is 5.82 Å². The summed E-state index contributed by atoms with van der Waals surface area (Å²) in [4.78, 5) is 14.5. The van der Waals surface area contributed by atoms with E-state index in [2.05, 4.69) is 15.6 Å². The normalized spacial score (nSPS) is 9.38. The molecule has 2 N–H and O–H groups in total. The molecule has 0 unspecified atom stereocenters. The van der Waals surface area contributed by atoms with Crippen molar-refractivity contribution in [1.29, 1.82) is 0 Å². The molecule has 0 radical (unpaired) electrons. The Morgan fingerprint density at radius 1 is 1.62 bits per heavy atom. The van der Waals surface area contributed by atoms with Gasteiger partial charge in [0.1, 0.15) is 11.6 Å². The third-order valence-corrected chi connectivity index (χ3v) is 1.44. The predicted molar refractivity (Wildman–Crippen MR) is 46.8 cm³/mol. The van der Waals surface area contributed by atoms with E-state index >= 15 is 0 Å². The van der Waals surface area contributed by atoms with E-state index in [1.165, 1.54) is 12.1 Å². The lowest BCUT2D eigenvalue weighted by Gasteiger charge is -2.03. The monoisotopic (exact) mass is 183 g/mol. The van der Waals surface area contributed by atoms with Crippen LogP contribution in [0.25, 0.3) is 0 Å². The average molecular weight is 183 g/mol. The number of carbonyl (C=O) groups is 1.